The lowest BCUT2D eigenvalue weighted by Crippen LogP contribution is -1.80. The molecule has 0 aliphatic heterocycles. The number of fused-ring (bicyclic) bond motifs is 1. The summed E-state index contributed by atoms with van der Waals surface area (Å²) in [4.78, 5) is 5.34. The van der Waals surface area contributed by atoms with Gasteiger partial charge >= 0.3 is 0 Å². The first-order valence-electron chi connectivity index (χ1n) is 6.34. The summed E-state index contributed by atoms with van der Waals surface area (Å²) in [6, 6.07) is 11.6. The van der Waals surface area contributed by atoms with E-state index in [0.29, 0.717) is 22.8 Å². The van der Waals surface area contributed by atoms with Gasteiger partial charge in [-0.15, -0.1) is 21.5 Å². The second-order valence-electron chi connectivity index (χ2n) is 4.34. The van der Waals surface area contributed by atoms with Crippen LogP contribution in [-0.2, 0) is 5.75 Å². The van der Waals surface area contributed by atoms with E-state index in [1.165, 1.54) is 11.8 Å². The van der Waals surface area contributed by atoms with Crippen LogP contribution in [0, 0.1) is 0 Å². The summed E-state index contributed by atoms with van der Waals surface area (Å²) in [5.41, 5.74) is 1.62. The molecule has 8 heteroatoms. The van der Waals surface area contributed by atoms with Crippen LogP contribution in [0.4, 0.5) is 0 Å². The molecule has 3 heterocycles. The number of oxazole rings is 1. The van der Waals surface area contributed by atoms with Crippen LogP contribution in [0.5, 0.6) is 0 Å². The number of halogens is 1. The van der Waals surface area contributed by atoms with Crippen LogP contribution in [0.2, 0.25) is 0 Å². The third kappa shape index (κ3) is 2.81. The zero-order valence-electron chi connectivity index (χ0n) is 11.0. The van der Waals surface area contributed by atoms with Crippen LogP contribution in [-0.4, -0.2) is 15.2 Å². The molecule has 4 rings (SSSR count). The van der Waals surface area contributed by atoms with Crippen molar-refractivity contribution in [1.82, 2.24) is 15.2 Å². The molecule has 4 aromatic rings. The molecule has 0 aliphatic rings. The van der Waals surface area contributed by atoms with Gasteiger partial charge in [0.25, 0.3) is 11.1 Å². The number of aromatic nitrogens is 3. The predicted octanol–water partition coefficient (Wildman–Crippen LogP) is 4.99. The van der Waals surface area contributed by atoms with Crippen LogP contribution in [0.3, 0.4) is 0 Å². The lowest BCUT2D eigenvalue weighted by atomic mass is 10.3. The zero-order chi connectivity index (χ0) is 14.9. The monoisotopic (exact) mass is 393 g/mol. The molecule has 0 amide bonds. The average Bonchev–Trinajstić information content (AvgIpc) is 3.23. The molecule has 0 saturated carbocycles. The van der Waals surface area contributed by atoms with Crippen molar-refractivity contribution in [3.63, 3.8) is 0 Å². The van der Waals surface area contributed by atoms with Gasteiger partial charge in [-0.05, 0) is 40.2 Å². The third-order valence-corrected chi connectivity index (χ3v) is 5.27. The van der Waals surface area contributed by atoms with Crippen molar-refractivity contribution in [3.05, 3.63) is 46.1 Å². The van der Waals surface area contributed by atoms with E-state index >= 15 is 0 Å². The van der Waals surface area contributed by atoms with Crippen molar-refractivity contribution < 1.29 is 8.83 Å². The Morgan fingerprint density at radius 3 is 2.82 bits per heavy atom. The Labute approximate surface area is 141 Å². The molecular formula is C14H8BrN3O2S2. The van der Waals surface area contributed by atoms with Gasteiger partial charge in [0.05, 0.1) is 14.4 Å². The number of para-hydroxylation sites is 2. The number of rotatable bonds is 4. The number of hydrogen-bond acceptors (Lipinski definition) is 7. The first-order chi connectivity index (χ1) is 10.8. The van der Waals surface area contributed by atoms with Gasteiger partial charge in [-0.1, -0.05) is 23.9 Å². The minimum absolute atomic E-state index is 0.520. The maximum Gasteiger partial charge on any atom is 0.257 e. The standard InChI is InChI=1S/C14H8BrN3O2S2/c15-11-6-5-10(22-11)13-18-17-12(20-13)7-21-14-16-8-3-1-2-4-9(8)19-14/h1-6H,7H2. The van der Waals surface area contributed by atoms with Gasteiger partial charge in [-0.3, -0.25) is 0 Å². The number of thiophene rings is 1. The highest BCUT2D eigenvalue weighted by atomic mass is 79.9. The molecule has 0 aliphatic carbocycles. The highest BCUT2D eigenvalue weighted by Gasteiger charge is 2.12. The van der Waals surface area contributed by atoms with Gasteiger partial charge < -0.3 is 8.83 Å². The number of benzene rings is 1. The Morgan fingerprint density at radius 1 is 1.09 bits per heavy atom. The first-order valence-corrected chi connectivity index (χ1v) is 8.94. The zero-order valence-corrected chi connectivity index (χ0v) is 14.2. The van der Waals surface area contributed by atoms with Crippen molar-refractivity contribution >= 4 is 50.1 Å². The molecule has 0 spiro atoms. The van der Waals surface area contributed by atoms with E-state index in [1.807, 2.05) is 36.4 Å². The van der Waals surface area contributed by atoms with E-state index in [9.17, 15) is 0 Å². The van der Waals surface area contributed by atoms with Crippen LogP contribution < -0.4 is 0 Å². The summed E-state index contributed by atoms with van der Waals surface area (Å²) in [6.07, 6.45) is 0. The molecule has 22 heavy (non-hydrogen) atoms. The molecule has 0 saturated heterocycles. The fourth-order valence-corrected chi connectivity index (χ4v) is 3.86. The molecule has 3 aromatic heterocycles. The highest BCUT2D eigenvalue weighted by Crippen LogP contribution is 2.31. The summed E-state index contributed by atoms with van der Waals surface area (Å²) < 4.78 is 12.3. The van der Waals surface area contributed by atoms with Gasteiger partial charge in [0.15, 0.2) is 5.58 Å². The maximum atomic E-state index is 5.66. The lowest BCUT2D eigenvalue weighted by molar-refractivity contribution is 0.486. The van der Waals surface area contributed by atoms with Crippen LogP contribution >= 0.6 is 39.0 Å². The fourth-order valence-electron chi connectivity index (χ4n) is 1.88. The number of thioether (sulfide) groups is 1. The topological polar surface area (TPSA) is 65.0 Å². The smallest absolute Gasteiger partial charge is 0.257 e. The molecular weight excluding hydrogens is 386 g/mol. The Balaban J connectivity index is 1.48. The molecule has 1 aromatic carbocycles. The highest BCUT2D eigenvalue weighted by molar-refractivity contribution is 9.11. The van der Waals surface area contributed by atoms with E-state index in [2.05, 4.69) is 31.1 Å². The van der Waals surface area contributed by atoms with E-state index in [4.69, 9.17) is 8.83 Å². The Morgan fingerprint density at radius 2 is 2.00 bits per heavy atom. The Hall–Kier alpha value is -1.64. The molecule has 0 atom stereocenters. The first kappa shape index (κ1) is 14.0. The molecule has 5 nitrogen and oxygen atoms in total. The molecule has 110 valence electrons. The molecule has 0 fully saturated rings. The SMILES string of the molecule is Brc1ccc(-c2nnc(CSc3nc4ccccc4o3)o2)s1. The van der Waals surface area contributed by atoms with E-state index in [1.54, 1.807) is 11.3 Å². The Kier molecular flexibility index (Phi) is 3.73. The van der Waals surface area contributed by atoms with Crippen LogP contribution in [0.1, 0.15) is 5.89 Å². The summed E-state index contributed by atoms with van der Waals surface area (Å²) >= 11 is 6.41. The lowest BCUT2D eigenvalue weighted by Gasteiger charge is -1.90. The average molecular weight is 394 g/mol. The summed E-state index contributed by atoms with van der Waals surface area (Å²) in [7, 11) is 0. The van der Waals surface area contributed by atoms with Crippen molar-refractivity contribution in [2.24, 2.45) is 0 Å². The minimum atomic E-state index is 0.520. The predicted molar refractivity (Wildman–Crippen MR) is 88.9 cm³/mol. The minimum Gasteiger partial charge on any atom is -0.431 e. The van der Waals surface area contributed by atoms with Crippen molar-refractivity contribution in [3.8, 4) is 10.8 Å². The molecule has 0 N–H and O–H groups in total. The largest absolute Gasteiger partial charge is 0.431 e. The summed E-state index contributed by atoms with van der Waals surface area (Å²) in [5.74, 6) is 1.60. The van der Waals surface area contributed by atoms with Crippen molar-refractivity contribution in [2.75, 3.05) is 0 Å². The van der Waals surface area contributed by atoms with Gasteiger partial charge in [-0.25, -0.2) is 4.98 Å². The molecule has 0 bridgehead atoms. The Bertz CT molecular complexity index is 898. The van der Waals surface area contributed by atoms with Gasteiger partial charge in [0, 0.05) is 0 Å². The second-order valence-corrected chi connectivity index (χ2v) is 7.73. The van der Waals surface area contributed by atoms with E-state index < -0.39 is 0 Å². The summed E-state index contributed by atoms with van der Waals surface area (Å²) in [6.45, 7) is 0. The molecule has 0 radical (unpaired) electrons. The van der Waals surface area contributed by atoms with Crippen molar-refractivity contribution in [2.45, 2.75) is 11.0 Å². The van der Waals surface area contributed by atoms with Gasteiger partial charge in [0.1, 0.15) is 5.52 Å². The van der Waals surface area contributed by atoms with Gasteiger partial charge in [0.2, 0.25) is 5.89 Å². The third-order valence-electron chi connectivity index (χ3n) is 2.84. The maximum absolute atomic E-state index is 5.66. The number of nitrogens with zero attached hydrogens (tertiary/aromatic N) is 3. The van der Waals surface area contributed by atoms with E-state index in [0.717, 1.165) is 19.8 Å². The van der Waals surface area contributed by atoms with Crippen molar-refractivity contribution in [1.29, 1.82) is 0 Å². The van der Waals surface area contributed by atoms with Gasteiger partial charge in [-0.2, -0.15) is 0 Å². The van der Waals surface area contributed by atoms with Crippen LogP contribution in [0.25, 0.3) is 21.9 Å². The fraction of sp³-hybridized carbons (Fsp3) is 0.0714. The normalized spacial score (nSPS) is 11.3. The van der Waals surface area contributed by atoms with E-state index in [-0.39, 0.29) is 0 Å². The van der Waals surface area contributed by atoms with Crippen LogP contribution in [0.15, 0.2) is 54.2 Å². The second kappa shape index (κ2) is 5.86. The number of hydrogen-bond donors (Lipinski definition) is 0. The summed E-state index contributed by atoms with van der Waals surface area (Å²) in [5, 5.41) is 8.72. The molecule has 0 unspecified atom stereocenters. The quantitative estimate of drug-likeness (QED) is 0.454.